The molecule has 0 fully saturated rings. The molecule has 0 N–H and O–H groups in total. The van der Waals surface area contributed by atoms with Crippen molar-refractivity contribution in [2.45, 2.75) is 44.1 Å². The second kappa shape index (κ2) is 9.67. The summed E-state index contributed by atoms with van der Waals surface area (Å²) >= 11 is 1.53. The van der Waals surface area contributed by atoms with Gasteiger partial charge in [-0.1, -0.05) is 43.8 Å². The van der Waals surface area contributed by atoms with E-state index in [4.69, 9.17) is 9.15 Å². The molecule has 0 spiro atoms. The number of benzene rings is 2. The average molecular weight is 462 g/mol. The van der Waals surface area contributed by atoms with Crippen LogP contribution in [0.5, 0.6) is 5.75 Å². The van der Waals surface area contributed by atoms with Crippen molar-refractivity contribution in [1.82, 2.24) is 14.8 Å². The van der Waals surface area contributed by atoms with Crippen LogP contribution in [0.4, 0.5) is 0 Å². The summed E-state index contributed by atoms with van der Waals surface area (Å²) in [4.78, 5) is 12.2. The number of nitrogens with zero attached hydrogens (tertiary/aromatic N) is 3. The van der Waals surface area contributed by atoms with E-state index in [2.05, 4.69) is 36.7 Å². The van der Waals surface area contributed by atoms with Crippen LogP contribution in [-0.4, -0.2) is 21.9 Å². The van der Waals surface area contributed by atoms with Gasteiger partial charge in [0.25, 0.3) is 0 Å². The summed E-state index contributed by atoms with van der Waals surface area (Å²) in [7, 11) is 1.64. The Morgan fingerprint density at radius 2 is 2.00 bits per heavy atom. The third-order valence-electron chi connectivity index (χ3n) is 5.57. The largest absolute Gasteiger partial charge is 0.496 e. The third kappa shape index (κ3) is 4.59. The number of methoxy groups -OCH3 is 1. The minimum Gasteiger partial charge on any atom is -0.496 e. The normalized spacial score (nSPS) is 11.3. The number of thioether (sulfide) groups is 1. The van der Waals surface area contributed by atoms with Crippen LogP contribution in [0.1, 0.15) is 36.5 Å². The summed E-state index contributed by atoms with van der Waals surface area (Å²) in [6, 6.07) is 13.4. The van der Waals surface area contributed by atoms with Crippen molar-refractivity contribution in [3.8, 4) is 17.1 Å². The van der Waals surface area contributed by atoms with Gasteiger partial charge in [-0.15, -0.1) is 16.8 Å². The number of aryl methyl sites for hydroxylation is 1. The molecule has 0 saturated carbocycles. The van der Waals surface area contributed by atoms with Gasteiger partial charge in [0.15, 0.2) is 11.0 Å². The minimum atomic E-state index is -0.350. The number of fused-ring (bicyclic) bond motifs is 1. The highest BCUT2D eigenvalue weighted by molar-refractivity contribution is 7.98. The Bertz CT molecular complexity index is 1370. The predicted octanol–water partition coefficient (Wildman–Crippen LogP) is 5.97. The number of allylic oxidation sites excluding steroid dienone is 1. The van der Waals surface area contributed by atoms with Crippen LogP contribution in [-0.2, 0) is 12.3 Å². The number of hydrogen-bond acceptors (Lipinski definition) is 6. The Balaban J connectivity index is 1.73. The molecule has 0 saturated heterocycles. The predicted molar refractivity (Wildman–Crippen MR) is 133 cm³/mol. The Morgan fingerprint density at radius 3 is 2.73 bits per heavy atom. The molecule has 0 atom stereocenters. The molecule has 0 aliphatic heterocycles. The van der Waals surface area contributed by atoms with Gasteiger partial charge in [0.05, 0.1) is 12.7 Å². The summed E-state index contributed by atoms with van der Waals surface area (Å²) in [6.07, 6.45) is 1.82. The molecule has 0 aliphatic rings. The number of rotatable bonds is 8. The molecule has 33 heavy (non-hydrogen) atoms. The van der Waals surface area contributed by atoms with Crippen LogP contribution in [0.25, 0.3) is 22.4 Å². The molecule has 2 aromatic carbocycles. The minimum absolute atomic E-state index is 0.350. The van der Waals surface area contributed by atoms with Gasteiger partial charge in [0.2, 0.25) is 0 Å². The fourth-order valence-corrected chi connectivity index (χ4v) is 4.93. The molecule has 0 aliphatic carbocycles. The zero-order chi connectivity index (χ0) is 23.5. The van der Waals surface area contributed by atoms with Crippen molar-refractivity contribution in [1.29, 1.82) is 0 Å². The zero-order valence-electron chi connectivity index (χ0n) is 19.3. The smallest absolute Gasteiger partial charge is 0.336 e. The maximum Gasteiger partial charge on any atom is 0.336 e. The van der Waals surface area contributed by atoms with E-state index in [9.17, 15) is 4.79 Å². The standard InChI is InChI=1S/C26H27N3O3S/c1-6-11-29-25(19-9-7-8-10-22(19)31-5)27-28-26(29)33-15-18-13-24(30)32-23-12-17(4)20(16(2)3)14-21(18)23/h6-10,12-14,16H,1,11,15H2,2-5H3. The zero-order valence-corrected chi connectivity index (χ0v) is 20.1. The molecular weight excluding hydrogens is 434 g/mol. The fourth-order valence-electron chi connectivity index (χ4n) is 3.99. The first-order chi connectivity index (χ1) is 15.9. The molecule has 2 aromatic heterocycles. The van der Waals surface area contributed by atoms with Gasteiger partial charge in [-0.3, -0.25) is 4.57 Å². The van der Waals surface area contributed by atoms with E-state index in [0.29, 0.717) is 29.6 Å². The van der Waals surface area contributed by atoms with Gasteiger partial charge in [-0.2, -0.15) is 0 Å². The summed E-state index contributed by atoms with van der Waals surface area (Å²) in [5.74, 6) is 2.38. The number of ether oxygens (including phenoxy) is 1. The van der Waals surface area contributed by atoms with Crippen LogP contribution < -0.4 is 10.4 Å². The van der Waals surface area contributed by atoms with Crippen LogP contribution in [0, 0.1) is 6.92 Å². The lowest BCUT2D eigenvalue weighted by Gasteiger charge is -2.13. The lowest BCUT2D eigenvalue weighted by molar-refractivity contribution is 0.416. The molecule has 0 unspecified atom stereocenters. The van der Waals surface area contributed by atoms with Gasteiger partial charge in [-0.05, 0) is 53.8 Å². The van der Waals surface area contributed by atoms with Gasteiger partial charge in [0.1, 0.15) is 11.3 Å². The fraction of sp³-hybridized carbons (Fsp3) is 0.269. The highest BCUT2D eigenvalue weighted by Gasteiger charge is 2.18. The van der Waals surface area contributed by atoms with E-state index in [0.717, 1.165) is 33.0 Å². The Morgan fingerprint density at radius 1 is 1.21 bits per heavy atom. The topological polar surface area (TPSA) is 70.2 Å². The lowest BCUT2D eigenvalue weighted by atomic mass is 9.95. The SMILES string of the molecule is C=CCn1c(SCc2cc(=O)oc3cc(C)c(C(C)C)cc23)nnc1-c1ccccc1OC. The maximum atomic E-state index is 12.2. The summed E-state index contributed by atoms with van der Waals surface area (Å²) < 4.78 is 13.0. The molecule has 2 heterocycles. The van der Waals surface area contributed by atoms with Crippen LogP contribution in [0.15, 0.2) is 69.5 Å². The quantitative estimate of drug-likeness (QED) is 0.183. The van der Waals surface area contributed by atoms with Crippen molar-refractivity contribution >= 4 is 22.7 Å². The van der Waals surface area contributed by atoms with E-state index < -0.39 is 0 Å². The first-order valence-corrected chi connectivity index (χ1v) is 11.8. The first kappa shape index (κ1) is 22.9. The first-order valence-electron chi connectivity index (χ1n) is 10.8. The van der Waals surface area contributed by atoms with Gasteiger partial charge in [-0.25, -0.2) is 4.79 Å². The summed E-state index contributed by atoms with van der Waals surface area (Å²) in [5.41, 5.74) is 4.41. The van der Waals surface area contributed by atoms with E-state index in [-0.39, 0.29) is 5.63 Å². The molecule has 0 amide bonds. The van der Waals surface area contributed by atoms with Crippen molar-refractivity contribution in [3.05, 3.63) is 82.2 Å². The van der Waals surface area contributed by atoms with E-state index in [1.807, 2.05) is 47.9 Å². The van der Waals surface area contributed by atoms with Crippen molar-refractivity contribution in [2.24, 2.45) is 0 Å². The van der Waals surface area contributed by atoms with E-state index >= 15 is 0 Å². The van der Waals surface area contributed by atoms with Gasteiger partial charge in [0, 0.05) is 23.8 Å². The number of aromatic nitrogens is 3. The molecule has 4 aromatic rings. The van der Waals surface area contributed by atoms with Crippen LogP contribution in [0.2, 0.25) is 0 Å². The second-order valence-electron chi connectivity index (χ2n) is 8.14. The number of hydrogen-bond donors (Lipinski definition) is 0. The molecule has 0 bridgehead atoms. The van der Waals surface area contributed by atoms with E-state index in [1.165, 1.54) is 17.3 Å². The van der Waals surface area contributed by atoms with Crippen molar-refractivity contribution in [2.75, 3.05) is 7.11 Å². The van der Waals surface area contributed by atoms with Gasteiger partial charge >= 0.3 is 5.63 Å². The van der Waals surface area contributed by atoms with Gasteiger partial charge < -0.3 is 9.15 Å². The molecule has 7 heteroatoms. The Hall–Kier alpha value is -3.32. The highest BCUT2D eigenvalue weighted by Crippen LogP contribution is 2.33. The van der Waals surface area contributed by atoms with Crippen molar-refractivity contribution in [3.63, 3.8) is 0 Å². The van der Waals surface area contributed by atoms with E-state index in [1.54, 1.807) is 13.2 Å². The summed E-state index contributed by atoms with van der Waals surface area (Å²) in [6.45, 7) is 10.8. The second-order valence-corrected chi connectivity index (χ2v) is 9.09. The highest BCUT2D eigenvalue weighted by atomic mass is 32.2. The number of para-hydroxylation sites is 1. The molecule has 4 rings (SSSR count). The lowest BCUT2D eigenvalue weighted by Crippen LogP contribution is -2.04. The van der Waals surface area contributed by atoms with Crippen LogP contribution >= 0.6 is 11.8 Å². The van der Waals surface area contributed by atoms with Crippen LogP contribution in [0.3, 0.4) is 0 Å². The average Bonchev–Trinajstić information content (AvgIpc) is 3.19. The van der Waals surface area contributed by atoms with Crippen molar-refractivity contribution < 1.29 is 9.15 Å². The molecule has 0 radical (unpaired) electrons. The monoisotopic (exact) mass is 461 g/mol. The molecule has 170 valence electrons. The molecule has 6 nitrogen and oxygen atoms in total. The Labute approximate surface area is 197 Å². The molecular formula is C26H27N3O3S. The maximum absolute atomic E-state index is 12.2. The third-order valence-corrected chi connectivity index (χ3v) is 6.59. The Kier molecular flexibility index (Phi) is 6.70. The summed E-state index contributed by atoms with van der Waals surface area (Å²) in [5, 5.41) is 10.6.